The molecule has 0 fully saturated rings. The molecule has 10 heteroatoms. The van der Waals surface area contributed by atoms with Crippen LogP contribution < -0.4 is 0 Å². The van der Waals surface area contributed by atoms with Crippen LogP contribution in [0.2, 0.25) is 0 Å². The van der Waals surface area contributed by atoms with Crippen molar-refractivity contribution in [2.24, 2.45) is 0 Å². The minimum atomic E-state index is -4.40. The minimum absolute atomic E-state index is 0.0350. The fraction of sp³-hybridized carbons (Fsp3) is 0.870. The molecule has 0 saturated heterocycles. The number of unbranched alkanes of at least 4 members (excludes halogenated alkanes) is 61. The number of carbonyl (C=O) groups excluding carboxylic acids is 2. The van der Waals surface area contributed by atoms with E-state index in [2.05, 4.69) is 74.6 Å². The van der Waals surface area contributed by atoms with Gasteiger partial charge >= 0.3 is 19.8 Å². The van der Waals surface area contributed by atoms with E-state index >= 15 is 0 Å². The van der Waals surface area contributed by atoms with Crippen LogP contribution in [0.5, 0.6) is 0 Å². The molecule has 0 spiro atoms. The standard InChI is InChI=1S/C92H174NO8P/c1-6-8-10-12-14-16-18-20-22-24-26-28-30-32-34-36-38-40-42-44-46-48-50-52-54-56-58-60-62-64-66-68-70-72-74-76-78-80-82-84-91(94)98-88-90(89-100-102(96,97)99-87-86-93(3,4)5)101-92(95)85-83-81-79-77-75-73-71-69-67-65-63-61-59-57-55-53-51-49-47-45-43-41-39-37-35-33-31-29-27-25-23-21-19-17-15-13-11-9-7-2/h9,11,15,17,21,23-24,26-27,29,90H,6-8,10,12-14,16,18-20,22,25,28,30-89H2,1-5H3/p+1/b11-9-,17-15-,23-21-,26-24-,29-27-. The molecule has 9 nitrogen and oxygen atoms in total. The quantitative estimate of drug-likeness (QED) is 0.0211. The predicted molar refractivity (Wildman–Crippen MR) is 446 cm³/mol. The Bertz CT molecular complexity index is 1910. The molecule has 102 heavy (non-hydrogen) atoms. The zero-order chi connectivity index (χ0) is 74.0. The number of likely N-dealkylation sites (N-methyl/N-ethyl adjacent to an activating group) is 1. The van der Waals surface area contributed by atoms with Crippen molar-refractivity contribution in [3.05, 3.63) is 60.8 Å². The molecule has 0 aliphatic heterocycles. The lowest BCUT2D eigenvalue weighted by Gasteiger charge is -2.24. The SMILES string of the molecule is CC/C=C\C/C=C\C/C=C\C/C=C\CCCCCCCCCCCCCCCCCCCCCCCCCCCCC(=O)OC(COC(=O)CCCCCCCCCCCCCCCCCCCCCCCCCCCCC/C=C\CCCCCCCCCC)COP(=O)(O)OCC[N+](C)(C)C. The zero-order valence-electron chi connectivity index (χ0n) is 68.9. The Labute approximate surface area is 636 Å². The number of hydrogen-bond donors (Lipinski definition) is 1. The van der Waals surface area contributed by atoms with E-state index in [1.807, 2.05) is 21.1 Å². The van der Waals surface area contributed by atoms with Gasteiger partial charge in [0.25, 0.3) is 0 Å². The van der Waals surface area contributed by atoms with E-state index in [9.17, 15) is 19.0 Å². The Morgan fingerprint density at radius 3 is 0.843 bits per heavy atom. The second-order valence-corrected chi connectivity index (χ2v) is 33.4. The largest absolute Gasteiger partial charge is 0.472 e. The summed E-state index contributed by atoms with van der Waals surface area (Å²) in [5.41, 5.74) is 0. The first-order chi connectivity index (χ1) is 50.0. The van der Waals surface area contributed by atoms with Gasteiger partial charge in [0.05, 0.1) is 27.7 Å². The van der Waals surface area contributed by atoms with Gasteiger partial charge in [0.1, 0.15) is 19.8 Å². The van der Waals surface area contributed by atoms with Crippen molar-refractivity contribution >= 4 is 19.8 Å². The smallest absolute Gasteiger partial charge is 0.462 e. The summed E-state index contributed by atoms with van der Waals surface area (Å²) in [5.74, 6) is -0.769. The van der Waals surface area contributed by atoms with Crippen molar-refractivity contribution in [2.75, 3.05) is 47.5 Å². The highest BCUT2D eigenvalue weighted by atomic mass is 31.2. The van der Waals surface area contributed by atoms with Gasteiger partial charge in [0, 0.05) is 12.8 Å². The van der Waals surface area contributed by atoms with Gasteiger partial charge in [-0.25, -0.2) is 4.57 Å². The Balaban J connectivity index is 3.83. The third-order valence-electron chi connectivity index (χ3n) is 20.5. The van der Waals surface area contributed by atoms with E-state index in [1.165, 1.54) is 372 Å². The Morgan fingerprint density at radius 2 is 0.559 bits per heavy atom. The van der Waals surface area contributed by atoms with Gasteiger partial charge in [-0.05, 0) is 77.0 Å². The van der Waals surface area contributed by atoms with Crippen molar-refractivity contribution in [3.63, 3.8) is 0 Å². The van der Waals surface area contributed by atoms with E-state index < -0.39 is 26.5 Å². The first kappa shape index (κ1) is 99.7. The molecular weight excluding hydrogens is 1280 g/mol. The van der Waals surface area contributed by atoms with Gasteiger partial charge in [-0.2, -0.15) is 0 Å². The fourth-order valence-corrected chi connectivity index (χ4v) is 14.5. The third-order valence-corrected chi connectivity index (χ3v) is 21.5. The number of quaternary nitrogens is 1. The number of carbonyl (C=O) groups is 2. The van der Waals surface area contributed by atoms with Crippen LogP contribution >= 0.6 is 7.82 Å². The van der Waals surface area contributed by atoms with Crippen LogP contribution in [0.1, 0.15) is 463 Å². The first-order valence-corrected chi connectivity index (χ1v) is 46.5. The van der Waals surface area contributed by atoms with Crippen molar-refractivity contribution in [3.8, 4) is 0 Å². The molecule has 0 aromatic carbocycles. The lowest BCUT2D eigenvalue weighted by molar-refractivity contribution is -0.870. The molecule has 0 amide bonds. The number of esters is 2. The lowest BCUT2D eigenvalue weighted by atomic mass is 10.0. The number of ether oxygens (including phenoxy) is 2. The van der Waals surface area contributed by atoms with Crippen molar-refractivity contribution in [2.45, 2.75) is 469 Å². The Morgan fingerprint density at radius 1 is 0.314 bits per heavy atom. The van der Waals surface area contributed by atoms with Crippen molar-refractivity contribution in [1.29, 1.82) is 0 Å². The number of phosphoric ester groups is 1. The Kier molecular flexibility index (Phi) is 80.9. The summed E-state index contributed by atoms with van der Waals surface area (Å²) >= 11 is 0. The molecule has 1 N–H and O–H groups in total. The summed E-state index contributed by atoms with van der Waals surface area (Å²) in [6, 6.07) is 0. The molecule has 0 radical (unpaired) electrons. The zero-order valence-corrected chi connectivity index (χ0v) is 69.8. The maximum atomic E-state index is 12.9. The van der Waals surface area contributed by atoms with Gasteiger partial charge in [-0.15, -0.1) is 0 Å². The maximum absolute atomic E-state index is 12.9. The molecule has 600 valence electrons. The van der Waals surface area contributed by atoms with E-state index in [-0.39, 0.29) is 25.6 Å². The number of nitrogens with zero attached hydrogens (tertiary/aromatic N) is 1. The topological polar surface area (TPSA) is 108 Å². The summed E-state index contributed by atoms with van der Waals surface area (Å²) in [5, 5.41) is 0. The number of hydrogen-bond acceptors (Lipinski definition) is 7. The highest BCUT2D eigenvalue weighted by Crippen LogP contribution is 2.43. The van der Waals surface area contributed by atoms with Gasteiger partial charge in [0.15, 0.2) is 6.10 Å². The maximum Gasteiger partial charge on any atom is 0.472 e. The molecule has 0 saturated carbocycles. The first-order valence-electron chi connectivity index (χ1n) is 45.0. The van der Waals surface area contributed by atoms with Crippen LogP contribution in [0.4, 0.5) is 0 Å². The summed E-state index contributed by atoms with van der Waals surface area (Å²) in [6.45, 7) is 4.41. The third kappa shape index (κ3) is 86.6. The van der Waals surface area contributed by atoms with Crippen LogP contribution in [-0.2, 0) is 32.7 Å². The molecule has 0 aromatic rings. The second kappa shape index (κ2) is 82.8. The van der Waals surface area contributed by atoms with Crippen LogP contribution in [0, 0.1) is 0 Å². The van der Waals surface area contributed by atoms with Crippen LogP contribution in [0.15, 0.2) is 60.8 Å². The number of phosphoric acid groups is 1. The van der Waals surface area contributed by atoms with Crippen LogP contribution in [-0.4, -0.2) is 74.9 Å². The van der Waals surface area contributed by atoms with E-state index in [0.717, 1.165) is 57.8 Å². The molecule has 0 bridgehead atoms. The highest BCUT2D eigenvalue weighted by Gasteiger charge is 2.27. The molecule has 2 unspecified atom stereocenters. The van der Waals surface area contributed by atoms with Crippen molar-refractivity contribution < 1.29 is 42.1 Å². The number of allylic oxidation sites excluding steroid dienone is 10. The molecule has 0 heterocycles. The van der Waals surface area contributed by atoms with Gasteiger partial charge in [0.2, 0.25) is 0 Å². The fourth-order valence-electron chi connectivity index (χ4n) is 13.7. The van der Waals surface area contributed by atoms with Crippen LogP contribution in [0.3, 0.4) is 0 Å². The minimum Gasteiger partial charge on any atom is -0.462 e. The Hall–Kier alpha value is -2.29. The molecule has 0 aliphatic carbocycles. The van der Waals surface area contributed by atoms with E-state index in [1.54, 1.807) is 0 Å². The predicted octanol–water partition coefficient (Wildman–Crippen LogP) is 30.4. The van der Waals surface area contributed by atoms with Gasteiger partial charge < -0.3 is 18.9 Å². The summed E-state index contributed by atoms with van der Waals surface area (Å²) in [4.78, 5) is 36.1. The van der Waals surface area contributed by atoms with Crippen LogP contribution in [0.25, 0.3) is 0 Å². The average molecular weight is 1450 g/mol. The van der Waals surface area contributed by atoms with Crippen molar-refractivity contribution in [1.82, 2.24) is 0 Å². The molecule has 2 atom stereocenters. The highest BCUT2D eigenvalue weighted by molar-refractivity contribution is 7.47. The molecule has 0 aliphatic rings. The summed E-state index contributed by atoms with van der Waals surface area (Å²) in [7, 11) is 1.50. The molecular formula is C92H175NO8P+. The molecule has 0 rings (SSSR count). The normalized spacial score (nSPS) is 13.2. The van der Waals surface area contributed by atoms with Gasteiger partial charge in [-0.3, -0.25) is 18.6 Å². The second-order valence-electron chi connectivity index (χ2n) is 32.0. The lowest BCUT2D eigenvalue weighted by Crippen LogP contribution is -2.37. The van der Waals surface area contributed by atoms with E-state index in [0.29, 0.717) is 23.9 Å². The van der Waals surface area contributed by atoms with E-state index in [4.69, 9.17) is 18.5 Å². The number of rotatable bonds is 85. The molecule has 0 aromatic heterocycles. The monoisotopic (exact) mass is 1450 g/mol. The summed E-state index contributed by atoms with van der Waals surface area (Å²) < 4.78 is 34.9. The average Bonchev–Trinajstić information content (AvgIpc) is 0.914. The van der Waals surface area contributed by atoms with Gasteiger partial charge in [-0.1, -0.05) is 434 Å². The summed E-state index contributed by atoms with van der Waals surface area (Å²) in [6.07, 6.45) is 113.